The molecule has 0 aliphatic carbocycles. The summed E-state index contributed by atoms with van der Waals surface area (Å²) >= 11 is 0. The van der Waals surface area contributed by atoms with Crippen LogP contribution in [0.2, 0.25) is 0 Å². The summed E-state index contributed by atoms with van der Waals surface area (Å²) in [6.07, 6.45) is 3.37. The van der Waals surface area contributed by atoms with Crippen LogP contribution >= 0.6 is 0 Å². The van der Waals surface area contributed by atoms with Crippen LogP contribution in [0.15, 0.2) is 41.2 Å². The highest BCUT2D eigenvalue weighted by Gasteiger charge is 2.13. The molecule has 0 fully saturated rings. The Labute approximate surface area is 128 Å². The summed E-state index contributed by atoms with van der Waals surface area (Å²) in [7, 11) is 1.64. The van der Waals surface area contributed by atoms with Gasteiger partial charge in [0.05, 0.1) is 36.5 Å². The van der Waals surface area contributed by atoms with Crippen molar-refractivity contribution in [2.45, 2.75) is 13.8 Å². The minimum atomic E-state index is 0.655. The second kappa shape index (κ2) is 5.85. The molecule has 3 rings (SSSR count). The molecule has 0 atom stereocenters. The highest BCUT2D eigenvalue weighted by atomic mass is 16.5. The van der Waals surface area contributed by atoms with Crippen molar-refractivity contribution in [2.75, 3.05) is 12.4 Å². The van der Waals surface area contributed by atoms with E-state index < -0.39 is 0 Å². The Morgan fingerprint density at radius 3 is 2.50 bits per heavy atom. The first-order valence-electron chi connectivity index (χ1n) is 6.84. The minimum Gasteiger partial charge on any atom is -0.497 e. The van der Waals surface area contributed by atoms with E-state index in [0.717, 1.165) is 34.1 Å². The van der Waals surface area contributed by atoms with E-state index in [9.17, 15) is 0 Å². The van der Waals surface area contributed by atoms with Gasteiger partial charge in [0, 0.05) is 5.69 Å². The molecule has 0 aliphatic heterocycles. The van der Waals surface area contributed by atoms with Gasteiger partial charge in [-0.25, -0.2) is 4.98 Å². The Morgan fingerprint density at radius 1 is 1.09 bits per heavy atom. The molecule has 0 amide bonds. The molecule has 22 heavy (non-hydrogen) atoms. The van der Waals surface area contributed by atoms with Gasteiger partial charge in [0.15, 0.2) is 0 Å². The van der Waals surface area contributed by atoms with E-state index in [1.807, 2.05) is 38.1 Å². The van der Waals surface area contributed by atoms with E-state index >= 15 is 0 Å². The molecular weight excluding hydrogens is 280 g/mol. The van der Waals surface area contributed by atoms with Gasteiger partial charge < -0.3 is 14.6 Å². The number of nitrogens with zero attached hydrogens (tertiary/aromatic N) is 3. The Kier molecular flexibility index (Phi) is 3.74. The first-order chi connectivity index (χ1) is 10.7. The lowest BCUT2D eigenvalue weighted by atomic mass is 10.1. The molecule has 0 radical (unpaired) electrons. The van der Waals surface area contributed by atoms with Gasteiger partial charge in [-0.05, 0) is 38.1 Å². The first kappa shape index (κ1) is 14.1. The third-order valence-electron chi connectivity index (χ3n) is 3.29. The monoisotopic (exact) mass is 296 g/mol. The molecule has 0 bridgehead atoms. The topological polar surface area (TPSA) is 73.1 Å². The van der Waals surface area contributed by atoms with Gasteiger partial charge >= 0.3 is 0 Å². The fraction of sp³-hybridized carbons (Fsp3) is 0.188. The number of hydrogen-bond donors (Lipinski definition) is 1. The van der Waals surface area contributed by atoms with E-state index in [1.165, 1.54) is 0 Å². The fourth-order valence-corrected chi connectivity index (χ4v) is 2.22. The normalized spacial score (nSPS) is 10.5. The average Bonchev–Trinajstić information content (AvgIpc) is 2.87. The lowest BCUT2D eigenvalue weighted by Gasteiger charge is -2.07. The van der Waals surface area contributed by atoms with Crippen molar-refractivity contribution in [1.82, 2.24) is 15.1 Å². The number of benzene rings is 1. The molecule has 6 heteroatoms. The van der Waals surface area contributed by atoms with Gasteiger partial charge in [-0.3, -0.25) is 4.98 Å². The molecule has 2 heterocycles. The van der Waals surface area contributed by atoms with Crippen LogP contribution < -0.4 is 10.1 Å². The van der Waals surface area contributed by atoms with Crippen LogP contribution in [0.4, 0.5) is 11.5 Å². The van der Waals surface area contributed by atoms with Crippen LogP contribution in [0.3, 0.4) is 0 Å². The lowest BCUT2D eigenvalue weighted by Crippen LogP contribution is -1.97. The number of hydrogen-bond acceptors (Lipinski definition) is 6. The number of methoxy groups -OCH3 is 1. The zero-order chi connectivity index (χ0) is 15.5. The summed E-state index contributed by atoms with van der Waals surface area (Å²) in [6.45, 7) is 3.75. The number of rotatable bonds is 4. The molecule has 0 unspecified atom stereocenters. The lowest BCUT2D eigenvalue weighted by molar-refractivity contribution is 0.393. The molecule has 3 aromatic rings. The molecule has 112 valence electrons. The molecule has 0 spiro atoms. The molecule has 0 saturated carbocycles. The maximum Gasteiger partial charge on any atom is 0.149 e. The number of nitrogens with one attached hydrogen (secondary N) is 1. The minimum absolute atomic E-state index is 0.655. The summed E-state index contributed by atoms with van der Waals surface area (Å²) in [5.74, 6) is 2.19. The fourth-order valence-electron chi connectivity index (χ4n) is 2.22. The van der Waals surface area contributed by atoms with Crippen LogP contribution in [0.5, 0.6) is 5.75 Å². The maximum atomic E-state index is 5.18. The molecule has 1 N–H and O–H groups in total. The largest absolute Gasteiger partial charge is 0.497 e. The Hall–Kier alpha value is -2.89. The Bertz CT molecular complexity index is 762. The third kappa shape index (κ3) is 2.76. The SMILES string of the molecule is COc1ccc(Nc2cncc(-c3c(C)noc3C)n2)cc1. The van der Waals surface area contributed by atoms with Crippen molar-refractivity contribution in [3.63, 3.8) is 0 Å². The molecule has 2 aromatic heterocycles. The molecule has 1 aromatic carbocycles. The highest BCUT2D eigenvalue weighted by Crippen LogP contribution is 2.26. The van der Waals surface area contributed by atoms with Crippen LogP contribution in [-0.2, 0) is 0 Å². The van der Waals surface area contributed by atoms with Gasteiger partial charge in [0.25, 0.3) is 0 Å². The van der Waals surface area contributed by atoms with E-state index in [4.69, 9.17) is 9.26 Å². The number of anilines is 2. The van der Waals surface area contributed by atoms with Crippen LogP contribution in [-0.4, -0.2) is 22.2 Å². The molecule has 0 aliphatic rings. The van der Waals surface area contributed by atoms with Crippen molar-refractivity contribution >= 4 is 11.5 Å². The molecular formula is C16H16N4O2. The predicted octanol–water partition coefficient (Wildman–Crippen LogP) is 3.50. The predicted molar refractivity (Wildman–Crippen MR) is 83.3 cm³/mol. The number of aromatic nitrogens is 3. The van der Waals surface area contributed by atoms with Gasteiger partial charge in [-0.1, -0.05) is 5.16 Å². The van der Waals surface area contributed by atoms with E-state index in [2.05, 4.69) is 20.4 Å². The quantitative estimate of drug-likeness (QED) is 0.794. The van der Waals surface area contributed by atoms with E-state index in [1.54, 1.807) is 19.5 Å². The Balaban J connectivity index is 1.88. The summed E-state index contributed by atoms with van der Waals surface area (Å²) in [5.41, 5.74) is 3.32. The third-order valence-corrected chi connectivity index (χ3v) is 3.29. The van der Waals surface area contributed by atoms with Crippen LogP contribution in [0.25, 0.3) is 11.3 Å². The number of aryl methyl sites for hydroxylation is 2. The average molecular weight is 296 g/mol. The second-order valence-electron chi connectivity index (χ2n) is 4.84. The van der Waals surface area contributed by atoms with Gasteiger partial charge in [0.1, 0.15) is 17.3 Å². The second-order valence-corrected chi connectivity index (χ2v) is 4.84. The zero-order valence-corrected chi connectivity index (χ0v) is 12.6. The first-order valence-corrected chi connectivity index (χ1v) is 6.84. The highest BCUT2D eigenvalue weighted by molar-refractivity contribution is 5.65. The standard InChI is InChI=1S/C16H16N4O2/c1-10-16(11(2)22-20-10)14-8-17-9-15(19-14)18-12-4-6-13(21-3)7-5-12/h4-9H,1-3H3,(H,18,19). The van der Waals surface area contributed by atoms with Crippen molar-refractivity contribution in [2.24, 2.45) is 0 Å². The van der Waals surface area contributed by atoms with Gasteiger partial charge in [-0.2, -0.15) is 0 Å². The van der Waals surface area contributed by atoms with Gasteiger partial charge in [-0.15, -0.1) is 0 Å². The molecule has 6 nitrogen and oxygen atoms in total. The van der Waals surface area contributed by atoms with Crippen molar-refractivity contribution in [1.29, 1.82) is 0 Å². The van der Waals surface area contributed by atoms with Crippen molar-refractivity contribution in [3.8, 4) is 17.0 Å². The smallest absolute Gasteiger partial charge is 0.149 e. The summed E-state index contributed by atoms with van der Waals surface area (Å²) in [4.78, 5) is 8.80. The van der Waals surface area contributed by atoms with Crippen LogP contribution in [0, 0.1) is 13.8 Å². The number of ether oxygens (including phenoxy) is 1. The van der Waals surface area contributed by atoms with E-state index in [-0.39, 0.29) is 0 Å². The summed E-state index contributed by atoms with van der Waals surface area (Å²) in [5, 5.41) is 7.16. The van der Waals surface area contributed by atoms with Crippen molar-refractivity contribution < 1.29 is 9.26 Å². The summed E-state index contributed by atoms with van der Waals surface area (Å²) in [6, 6.07) is 7.61. The van der Waals surface area contributed by atoms with E-state index in [0.29, 0.717) is 5.82 Å². The molecule has 0 saturated heterocycles. The zero-order valence-electron chi connectivity index (χ0n) is 12.6. The maximum absolute atomic E-state index is 5.18. The van der Waals surface area contributed by atoms with Crippen LogP contribution in [0.1, 0.15) is 11.5 Å². The van der Waals surface area contributed by atoms with Crippen molar-refractivity contribution in [3.05, 3.63) is 48.1 Å². The summed E-state index contributed by atoms with van der Waals surface area (Å²) < 4.78 is 10.3. The Morgan fingerprint density at radius 2 is 1.86 bits per heavy atom. The van der Waals surface area contributed by atoms with Gasteiger partial charge in [0.2, 0.25) is 0 Å².